The topological polar surface area (TPSA) is 63.1 Å². The maximum Gasteiger partial charge on any atom is 0.255 e. The summed E-state index contributed by atoms with van der Waals surface area (Å²) in [6.07, 6.45) is 0. The quantitative estimate of drug-likeness (QED) is 0.739. The number of carbonyl (C=O) groups is 2. The predicted molar refractivity (Wildman–Crippen MR) is 104 cm³/mol. The minimum atomic E-state index is -0.197. The fourth-order valence-electron chi connectivity index (χ4n) is 2.92. The summed E-state index contributed by atoms with van der Waals surface area (Å²) in [4.78, 5) is 23.6. The third kappa shape index (κ3) is 3.83. The molecule has 0 aliphatic rings. The van der Waals surface area contributed by atoms with Crippen LogP contribution < -0.4 is 10.6 Å². The van der Waals surface area contributed by atoms with Gasteiger partial charge in [-0.2, -0.15) is 0 Å². The van der Waals surface area contributed by atoms with Gasteiger partial charge >= 0.3 is 0 Å². The van der Waals surface area contributed by atoms with Gasteiger partial charge in [-0.1, -0.05) is 6.07 Å². The lowest BCUT2D eigenvalue weighted by Crippen LogP contribution is -2.12. The van der Waals surface area contributed by atoms with Gasteiger partial charge in [0.1, 0.15) is 0 Å². The predicted octanol–water partition coefficient (Wildman–Crippen LogP) is 4.30. The molecule has 2 N–H and O–H groups in total. The Bertz CT molecular complexity index is 936. The number of nitrogens with zero attached hydrogens (tertiary/aromatic N) is 1. The van der Waals surface area contributed by atoms with Crippen molar-refractivity contribution in [3.05, 3.63) is 77.6 Å². The van der Waals surface area contributed by atoms with Gasteiger partial charge in [0, 0.05) is 40.9 Å². The normalized spacial score (nSPS) is 10.4. The first-order valence-electron chi connectivity index (χ1n) is 8.38. The van der Waals surface area contributed by atoms with Gasteiger partial charge in [-0.15, -0.1) is 0 Å². The number of hydrogen-bond acceptors (Lipinski definition) is 2. The van der Waals surface area contributed by atoms with Crippen molar-refractivity contribution in [1.29, 1.82) is 0 Å². The SMILES string of the molecule is CC(=O)Nc1cccc(NC(=O)c2ccc(-n3c(C)ccc3C)cc2)c1. The lowest BCUT2D eigenvalue weighted by molar-refractivity contribution is -0.114. The molecule has 0 saturated heterocycles. The highest BCUT2D eigenvalue weighted by atomic mass is 16.2. The number of nitrogens with one attached hydrogen (secondary N) is 2. The number of aromatic nitrogens is 1. The molecule has 0 radical (unpaired) electrons. The number of carbonyl (C=O) groups excluding carboxylic acids is 2. The van der Waals surface area contributed by atoms with Crippen LogP contribution in [-0.2, 0) is 4.79 Å². The number of aryl methyl sites for hydroxylation is 2. The molecule has 0 bridgehead atoms. The second kappa shape index (κ2) is 7.27. The summed E-state index contributed by atoms with van der Waals surface area (Å²) in [6, 6.07) is 18.7. The minimum Gasteiger partial charge on any atom is -0.326 e. The maximum absolute atomic E-state index is 12.5. The molecule has 0 spiro atoms. The Morgan fingerprint density at radius 1 is 0.808 bits per heavy atom. The van der Waals surface area contributed by atoms with E-state index in [-0.39, 0.29) is 11.8 Å². The summed E-state index contributed by atoms with van der Waals surface area (Å²) in [5, 5.41) is 5.55. The molecule has 0 aliphatic carbocycles. The molecule has 0 saturated carbocycles. The first kappa shape index (κ1) is 17.5. The molecule has 5 nitrogen and oxygen atoms in total. The average Bonchev–Trinajstić information content (AvgIpc) is 2.93. The molecule has 2 amide bonds. The van der Waals surface area contributed by atoms with Gasteiger partial charge in [0.2, 0.25) is 5.91 Å². The molecule has 3 aromatic rings. The fraction of sp³-hybridized carbons (Fsp3) is 0.143. The molecule has 1 aromatic heterocycles. The number of rotatable bonds is 4. The molecule has 2 aromatic carbocycles. The third-order valence-electron chi connectivity index (χ3n) is 4.10. The van der Waals surface area contributed by atoms with Crippen molar-refractivity contribution < 1.29 is 9.59 Å². The highest BCUT2D eigenvalue weighted by Gasteiger charge is 2.09. The van der Waals surface area contributed by atoms with Gasteiger partial charge in [-0.3, -0.25) is 9.59 Å². The van der Waals surface area contributed by atoms with E-state index in [0.717, 1.165) is 17.1 Å². The second-order valence-electron chi connectivity index (χ2n) is 6.21. The number of amides is 2. The lowest BCUT2D eigenvalue weighted by atomic mass is 10.1. The van der Waals surface area contributed by atoms with Crippen LogP contribution in [-0.4, -0.2) is 16.4 Å². The van der Waals surface area contributed by atoms with E-state index in [4.69, 9.17) is 0 Å². The Morgan fingerprint density at radius 3 is 1.96 bits per heavy atom. The number of hydrogen-bond donors (Lipinski definition) is 2. The molecule has 3 rings (SSSR count). The van der Waals surface area contributed by atoms with E-state index < -0.39 is 0 Å². The van der Waals surface area contributed by atoms with Crippen molar-refractivity contribution in [3.8, 4) is 5.69 Å². The summed E-state index contributed by atoms with van der Waals surface area (Å²) in [6.45, 7) is 5.55. The highest BCUT2D eigenvalue weighted by molar-refractivity contribution is 6.04. The maximum atomic E-state index is 12.5. The molecular weight excluding hydrogens is 326 g/mol. The molecule has 26 heavy (non-hydrogen) atoms. The summed E-state index contributed by atoms with van der Waals surface area (Å²) in [5.74, 6) is -0.350. The van der Waals surface area contributed by atoms with Crippen LogP contribution in [0.5, 0.6) is 0 Å². The molecule has 1 heterocycles. The summed E-state index contributed by atoms with van der Waals surface area (Å²) >= 11 is 0. The fourth-order valence-corrected chi connectivity index (χ4v) is 2.92. The van der Waals surface area contributed by atoms with Crippen molar-refractivity contribution in [3.63, 3.8) is 0 Å². The molecule has 132 valence electrons. The van der Waals surface area contributed by atoms with Crippen LogP contribution in [0.3, 0.4) is 0 Å². The van der Waals surface area contributed by atoms with Crippen molar-refractivity contribution in [2.24, 2.45) is 0 Å². The smallest absolute Gasteiger partial charge is 0.255 e. The number of anilines is 2. The van der Waals surface area contributed by atoms with Crippen molar-refractivity contribution in [1.82, 2.24) is 4.57 Å². The molecular formula is C21H21N3O2. The van der Waals surface area contributed by atoms with Crippen LogP contribution in [0.15, 0.2) is 60.7 Å². The molecule has 5 heteroatoms. The van der Waals surface area contributed by atoms with E-state index >= 15 is 0 Å². The molecule has 0 aliphatic heterocycles. The summed E-state index contributed by atoms with van der Waals surface area (Å²) < 4.78 is 2.14. The third-order valence-corrected chi connectivity index (χ3v) is 4.10. The highest BCUT2D eigenvalue weighted by Crippen LogP contribution is 2.19. The van der Waals surface area contributed by atoms with Gasteiger partial charge in [0.15, 0.2) is 0 Å². The van der Waals surface area contributed by atoms with Crippen LogP contribution >= 0.6 is 0 Å². The van der Waals surface area contributed by atoms with E-state index in [2.05, 4.69) is 41.2 Å². The lowest BCUT2D eigenvalue weighted by Gasteiger charge is -2.11. The van der Waals surface area contributed by atoms with Crippen LogP contribution in [0.1, 0.15) is 28.7 Å². The van der Waals surface area contributed by atoms with E-state index in [1.165, 1.54) is 6.92 Å². The van der Waals surface area contributed by atoms with Crippen molar-refractivity contribution in [2.45, 2.75) is 20.8 Å². The van der Waals surface area contributed by atoms with E-state index in [1.807, 2.05) is 12.1 Å². The Hall–Kier alpha value is -3.34. The van der Waals surface area contributed by atoms with Crippen molar-refractivity contribution >= 4 is 23.2 Å². The Labute approximate surface area is 152 Å². The summed E-state index contributed by atoms with van der Waals surface area (Å²) in [7, 11) is 0. The van der Waals surface area contributed by atoms with E-state index in [1.54, 1.807) is 36.4 Å². The van der Waals surface area contributed by atoms with Gasteiger partial charge < -0.3 is 15.2 Å². The van der Waals surface area contributed by atoms with Crippen LogP contribution in [0.4, 0.5) is 11.4 Å². The Kier molecular flexibility index (Phi) is 4.89. The standard InChI is InChI=1S/C21H21N3O2/c1-14-7-8-15(2)24(14)20-11-9-17(10-12-20)21(26)23-19-6-4-5-18(13-19)22-16(3)25/h4-13H,1-3H3,(H,22,25)(H,23,26). The first-order valence-corrected chi connectivity index (χ1v) is 8.38. The van der Waals surface area contributed by atoms with E-state index in [0.29, 0.717) is 16.9 Å². The molecule has 0 atom stereocenters. The van der Waals surface area contributed by atoms with Crippen LogP contribution in [0.2, 0.25) is 0 Å². The summed E-state index contributed by atoms with van der Waals surface area (Å²) in [5.41, 5.74) is 5.16. The minimum absolute atomic E-state index is 0.153. The van der Waals surface area contributed by atoms with E-state index in [9.17, 15) is 9.59 Å². The second-order valence-corrected chi connectivity index (χ2v) is 6.21. The van der Waals surface area contributed by atoms with Crippen molar-refractivity contribution in [2.75, 3.05) is 10.6 Å². The molecule has 0 unspecified atom stereocenters. The van der Waals surface area contributed by atoms with Gasteiger partial charge in [-0.05, 0) is 68.4 Å². The zero-order chi connectivity index (χ0) is 18.7. The zero-order valence-electron chi connectivity index (χ0n) is 15.0. The van der Waals surface area contributed by atoms with Gasteiger partial charge in [-0.25, -0.2) is 0 Å². The van der Waals surface area contributed by atoms with Crippen LogP contribution in [0.25, 0.3) is 5.69 Å². The van der Waals surface area contributed by atoms with Gasteiger partial charge in [0.05, 0.1) is 0 Å². The monoisotopic (exact) mass is 347 g/mol. The van der Waals surface area contributed by atoms with Gasteiger partial charge in [0.25, 0.3) is 5.91 Å². The first-order chi connectivity index (χ1) is 12.4. The zero-order valence-corrected chi connectivity index (χ0v) is 15.0. The molecule has 0 fully saturated rings. The Morgan fingerprint density at radius 2 is 1.38 bits per heavy atom. The average molecular weight is 347 g/mol. The van der Waals surface area contributed by atoms with Crippen LogP contribution in [0, 0.1) is 13.8 Å². The Balaban J connectivity index is 1.76. The number of benzene rings is 2. The largest absolute Gasteiger partial charge is 0.326 e.